The Morgan fingerprint density at radius 1 is 1.38 bits per heavy atom. The van der Waals surface area contributed by atoms with Crippen LogP contribution in [0.3, 0.4) is 0 Å². The molecule has 2 rings (SSSR count). The molecule has 0 saturated carbocycles. The van der Waals surface area contributed by atoms with E-state index in [9.17, 15) is 0 Å². The lowest BCUT2D eigenvalue weighted by atomic mass is 10.2. The summed E-state index contributed by atoms with van der Waals surface area (Å²) in [5.41, 5.74) is 7.06. The van der Waals surface area contributed by atoms with Crippen LogP contribution in [0.15, 0.2) is 12.5 Å². The van der Waals surface area contributed by atoms with Crippen molar-refractivity contribution in [3.05, 3.63) is 18.2 Å². The molecule has 4 nitrogen and oxygen atoms in total. The third-order valence-electron chi connectivity index (χ3n) is 3.36. The molecule has 2 heterocycles. The predicted octanol–water partition coefficient (Wildman–Crippen LogP) is 1.56. The molecule has 0 aliphatic carbocycles. The second-order valence-electron chi connectivity index (χ2n) is 4.87. The van der Waals surface area contributed by atoms with Gasteiger partial charge in [-0.1, -0.05) is 0 Å². The lowest BCUT2D eigenvalue weighted by Crippen LogP contribution is -2.28. The zero-order valence-electron chi connectivity index (χ0n) is 10.3. The number of aromatic nitrogens is 2. The smallest absolute Gasteiger partial charge is 0.0951 e. The molecule has 0 bridgehead atoms. The normalized spacial score (nSPS) is 21.2. The van der Waals surface area contributed by atoms with Gasteiger partial charge in [0, 0.05) is 24.8 Å². The summed E-state index contributed by atoms with van der Waals surface area (Å²) in [5, 5.41) is 0. The molecule has 1 aliphatic rings. The van der Waals surface area contributed by atoms with E-state index in [-0.39, 0.29) is 6.04 Å². The van der Waals surface area contributed by atoms with Gasteiger partial charge in [-0.3, -0.25) is 0 Å². The van der Waals surface area contributed by atoms with Crippen LogP contribution in [0.1, 0.15) is 44.5 Å². The highest BCUT2D eigenvalue weighted by molar-refractivity contribution is 5.04. The van der Waals surface area contributed by atoms with Crippen molar-refractivity contribution in [2.75, 3.05) is 19.6 Å². The van der Waals surface area contributed by atoms with Crippen LogP contribution in [0.4, 0.5) is 0 Å². The van der Waals surface area contributed by atoms with Crippen LogP contribution in [0, 0.1) is 0 Å². The first kappa shape index (κ1) is 11.6. The van der Waals surface area contributed by atoms with Crippen LogP contribution >= 0.6 is 0 Å². The molecule has 0 amide bonds. The summed E-state index contributed by atoms with van der Waals surface area (Å²) in [6, 6.07) is 0.519. The van der Waals surface area contributed by atoms with Gasteiger partial charge in [0.2, 0.25) is 0 Å². The van der Waals surface area contributed by atoms with Gasteiger partial charge in [-0.25, -0.2) is 4.98 Å². The van der Waals surface area contributed by atoms with E-state index in [0.29, 0.717) is 6.04 Å². The molecule has 1 aliphatic heterocycles. The van der Waals surface area contributed by atoms with Gasteiger partial charge in [0.05, 0.1) is 12.0 Å². The zero-order valence-corrected chi connectivity index (χ0v) is 10.3. The van der Waals surface area contributed by atoms with E-state index in [1.807, 2.05) is 19.4 Å². The fourth-order valence-corrected chi connectivity index (χ4v) is 2.46. The molecule has 16 heavy (non-hydrogen) atoms. The molecule has 2 unspecified atom stereocenters. The standard InChI is InChI=1S/C12H22N4/c1-10(8-15-5-3-4-6-15)16-9-14-7-12(16)11(2)13/h7,9-11H,3-6,8,13H2,1-2H3. The lowest BCUT2D eigenvalue weighted by Gasteiger charge is -2.23. The Balaban J connectivity index is 2.01. The number of hydrogen-bond acceptors (Lipinski definition) is 3. The zero-order chi connectivity index (χ0) is 11.5. The molecular formula is C12H22N4. The summed E-state index contributed by atoms with van der Waals surface area (Å²) in [6.45, 7) is 7.84. The number of likely N-dealkylation sites (tertiary alicyclic amines) is 1. The molecule has 90 valence electrons. The highest BCUT2D eigenvalue weighted by Crippen LogP contribution is 2.18. The van der Waals surface area contributed by atoms with Crippen LogP contribution in [-0.4, -0.2) is 34.1 Å². The fraction of sp³-hybridized carbons (Fsp3) is 0.750. The molecule has 4 heteroatoms. The van der Waals surface area contributed by atoms with E-state index in [4.69, 9.17) is 5.73 Å². The van der Waals surface area contributed by atoms with Crippen molar-refractivity contribution in [2.45, 2.75) is 38.8 Å². The first-order valence-corrected chi connectivity index (χ1v) is 6.18. The number of nitrogens with zero attached hydrogens (tertiary/aromatic N) is 3. The van der Waals surface area contributed by atoms with Crippen molar-refractivity contribution in [3.8, 4) is 0 Å². The monoisotopic (exact) mass is 222 g/mol. The van der Waals surface area contributed by atoms with Crippen LogP contribution in [0.25, 0.3) is 0 Å². The Bertz CT molecular complexity index is 326. The number of rotatable bonds is 4. The van der Waals surface area contributed by atoms with Crippen LogP contribution in [0.5, 0.6) is 0 Å². The fourth-order valence-electron chi connectivity index (χ4n) is 2.46. The van der Waals surface area contributed by atoms with Gasteiger partial charge in [0.15, 0.2) is 0 Å². The Hall–Kier alpha value is -0.870. The largest absolute Gasteiger partial charge is 0.329 e. The van der Waals surface area contributed by atoms with Gasteiger partial charge in [0.25, 0.3) is 0 Å². The molecule has 0 radical (unpaired) electrons. The number of imidazole rings is 1. The molecule has 1 fully saturated rings. The molecule has 2 N–H and O–H groups in total. The van der Waals surface area contributed by atoms with E-state index < -0.39 is 0 Å². The van der Waals surface area contributed by atoms with E-state index in [1.165, 1.54) is 25.9 Å². The van der Waals surface area contributed by atoms with Gasteiger partial charge in [-0.2, -0.15) is 0 Å². The third-order valence-corrected chi connectivity index (χ3v) is 3.36. The Labute approximate surface area is 97.4 Å². The predicted molar refractivity (Wildman–Crippen MR) is 65.2 cm³/mol. The molecule has 1 saturated heterocycles. The van der Waals surface area contributed by atoms with Gasteiger partial charge in [-0.05, 0) is 39.8 Å². The van der Waals surface area contributed by atoms with Gasteiger partial charge < -0.3 is 15.2 Å². The van der Waals surface area contributed by atoms with E-state index in [2.05, 4.69) is 21.4 Å². The Kier molecular flexibility index (Phi) is 3.61. The minimum Gasteiger partial charge on any atom is -0.329 e. The highest BCUT2D eigenvalue weighted by Gasteiger charge is 2.17. The van der Waals surface area contributed by atoms with Gasteiger partial charge in [0.1, 0.15) is 0 Å². The summed E-state index contributed by atoms with van der Waals surface area (Å²) >= 11 is 0. The molecule has 0 spiro atoms. The van der Waals surface area contributed by atoms with Crippen molar-refractivity contribution >= 4 is 0 Å². The van der Waals surface area contributed by atoms with Crippen LogP contribution < -0.4 is 5.73 Å². The van der Waals surface area contributed by atoms with Crippen LogP contribution in [0.2, 0.25) is 0 Å². The highest BCUT2D eigenvalue weighted by atomic mass is 15.2. The van der Waals surface area contributed by atoms with Crippen molar-refractivity contribution in [1.29, 1.82) is 0 Å². The van der Waals surface area contributed by atoms with Crippen LogP contribution in [-0.2, 0) is 0 Å². The van der Waals surface area contributed by atoms with E-state index in [0.717, 1.165) is 12.2 Å². The first-order valence-electron chi connectivity index (χ1n) is 6.18. The average molecular weight is 222 g/mol. The number of hydrogen-bond donors (Lipinski definition) is 1. The summed E-state index contributed by atoms with van der Waals surface area (Å²) < 4.78 is 2.21. The minimum absolute atomic E-state index is 0.0588. The second kappa shape index (κ2) is 4.97. The molecule has 0 aromatic carbocycles. The first-order chi connectivity index (χ1) is 7.68. The summed E-state index contributed by atoms with van der Waals surface area (Å²) in [5.74, 6) is 0. The average Bonchev–Trinajstić information content (AvgIpc) is 2.86. The van der Waals surface area contributed by atoms with Crippen molar-refractivity contribution < 1.29 is 0 Å². The Morgan fingerprint density at radius 2 is 2.06 bits per heavy atom. The maximum atomic E-state index is 5.93. The second-order valence-corrected chi connectivity index (χ2v) is 4.87. The molecular weight excluding hydrogens is 200 g/mol. The quantitative estimate of drug-likeness (QED) is 0.841. The summed E-state index contributed by atoms with van der Waals surface area (Å²) in [7, 11) is 0. The molecule has 1 aromatic rings. The third kappa shape index (κ3) is 2.44. The summed E-state index contributed by atoms with van der Waals surface area (Å²) in [6.07, 6.45) is 6.47. The topological polar surface area (TPSA) is 47.1 Å². The Morgan fingerprint density at radius 3 is 2.69 bits per heavy atom. The van der Waals surface area contributed by atoms with Crippen molar-refractivity contribution in [3.63, 3.8) is 0 Å². The van der Waals surface area contributed by atoms with Crippen molar-refractivity contribution in [2.24, 2.45) is 5.73 Å². The SMILES string of the molecule is CC(N)c1cncn1C(C)CN1CCCC1. The van der Waals surface area contributed by atoms with E-state index in [1.54, 1.807) is 0 Å². The van der Waals surface area contributed by atoms with Crippen molar-refractivity contribution in [1.82, 2.24) is 14.5 Å². The minimum atomic E-state index is 0.0588. The number of nitrogens with two attached hydrogens (primary N) is 1. The van der Waals surface area contributed by atoms with Gasteiger partial charge in [-0.15, -0.1) is 0 Å². The van der Waals surface area contributed by atoms with Gasteiger partial charge >= 0.3 is 0 Å². The molecule has 2 atom stereocenters. The molecule has 1 aromatic heterocycles. The summed E-state index contributed by atoms with van der Waals surface area (Å²) in [4.78, 5) is 6.73. The van der Waals surface area contributed by atoms with E-state index >= 15 is 0 Å². The maximum absolute atomic E-state index is 5.93. The lowest BCUT2D eigenvalue weighted by molar-refractivity contribution is 0.284. The maximum Gasteiger partial charge on any atom is 0.0951 e.